The van der Waals surface area contributed by atoms with E-state index >= 15 is 0 Å². The van der Waals surface area contributed by atoms with E-state index in [1.165, 1.54) is 19.3 Å². The molecule has 0 aromatic rings. The van der Waals surface area contributed by atoms with E-state index in [4.69, 9.17) is 5.11 Å². The van der Waals surface area contributed by atoms with Gasteiger partial charge in [-0.1, -0.05) is 20.8 Å². The first-order chi connectivity index (χ1) is 6.52. The highest BCUT2D eigenvalue weighted by molar-refractivity contribution is 7.99. The lowest BCUT2D eigenvalue weighted by Crippen LogP contribution is -2.34. The van der Waals surface area contributed by atoms with Crippen LogP contribution in [0.3, 0.4) is 0 Å². The van der Waals surface area contributed by atoms with Crippen LogP contribution in [0.15, 0.2) is 0 Å². The van der Waals surface area contributed by atoms with Gasteiger partial charge in [-0.15, -0.1) is 0 Å². The number of rotatable bonds is 3. The molecule has 14 heavy (non-hydrogen) atoms. The van der Waals surface area contributed by atoms with Crippen molar-refractivity contribution >= 4 is 11.8 Å². The van der Waals surface area contributed by atoms with Gasteiger partial charge < -0.3 is 5.11 Å². The Hall–Kier alpha value is 0.310. The highest BCUT2D eigenvalue weighted by atomic mass is 32.2. The lowest BCUT2D eigenvalue weighted by molar-refractivity contribution is 0.156. The fraction of sp³-hybridized carbons (Fsp3) is 1.00. The standard InChI is InChI=1S/C12H22OS/c1-11(2)9-4-5-12(11,3)10(8-9)14-7-6-13/h9-10,13H,4-8H2,1-3H3/t9-,10-,12+/m0/s1. The normalized spacial score (nSPS) is 44.6. The molecule has 2 fully saturated rings. The molecule has 2 aliphatic carbocycles. The van der Waals surface area contributed by atoms with E-state index in [0.29, 0.717) is 17.4 Å². The van der Waals surface area contributed by atoms with Gasteiger partial charge in [0.15, 0.2) is 0 Å². The number of hydrogen-bond donors (Lipinski definition) is 1. The van der Waals surface area contributed by atoms with E-state index in [1.54, 1.807) is 0 Å². The number of hydrogen-bond acceptors (Lipinski definition) is 2. The van der Waals surface area contributed by atoms with E-state index in [2.05, 4.69) is 20.8 Å². The van der Waals surface area contributed by atoms with Gasteiger partial charge in [0.25, 0.3) is 0 Å². The number of aliphatic hydroxyl groups excluding tert-OH is 1. The van der Waals surface area contributed by atoms with Crippen LogP contribution in [0.5, 0.6) is 0 Å². The molecule has 1 N–H and O–H groups in total. The van der Waals surface area contributed by atoms with Crippen LogP contribution in [0.25, 0.3) is 0 Å². The van der Waals surface area contributed by atoms with Crippen LogP contribution in [-0.4, -0.2) is 22.7 Å². The first-order valence-electron chi connectivity index (χ1n) is 5.75. The maximum atomic E-state index is 8.89. The Kier molecular flexibility index (Phi) is 2.64. The number of thioether (sulfide) groups is 1. The molecule has 0 aromatic carbocycles. The van der Waals surface area contributed by atoms with Crippen molar-refractivity contribution in [2.45, 2.75) is 45.3 Å². The fourth-order valence-corrected chi connectivity index (χ4v) is 5.13. The summed E-state index contributed by atoms with van der Waals surface area (Å²) >= 11 is 2.00. The third-order valence-electron chi connectivity index (χ3n) is 5.12. The van der Waals surface area contributed by atoms with E-state index < -0.39 is 0 Å². The Bertz CT molecular complexity index is 226. The smallest absolute Gasteiger partial charge is 0.0521 e. The summed E-state index contributed by atoms with van der Waals surface area (Å²) in [7, 11) is 0. The van der Waals surface area contributed by atoms with Gasteiger partial charge in [0.1, 0.15) is 0 Å². The second-order valence-electron chi connectivity index (χ2n) is 5.69. The maximum Gasteiger partial charge on any atom is 0.0521 e. The molecule has 82 valence electrons. The third kappa shape index (κ3) is 1.26. The van der Waals surface area contributed by atoms with Gasteiger partial charge in [0.2, 0.25) is 0 Å². The highest BCUT2D eigenvalue weighted by Crippen LogP contribution is 2.68. The fourth-order valence-electron chi connectivity index (χ4n) is 3.58. The zero-order chi connectivity index (χ0) is 10.4. The van der Waals surface area contributed by atoms with Crippen LogP contribution in [0.2, 0.25) is 0 Å². The van der Waals surface area contributed by atoms with E-state index in [0.717, 1.165) is 16.9 Å². The minimum atomic E-state index is 0.336. The molecule has 2 aliphatic rings. The molecule has 0 spiro atoms. The minimum Gasteiger partial charge on any atom is -0.396 e. The summed E-state index contributed by atoms with van der Waals surface area (Å²) in [5.74, 6) is 1.85. The molecule has 3 atom stereocenters. The average molecular weight is 214 g/mol. The largest absolute Gasteiger partial charge is 0.396 e. The lowest BCUT2D eigenvalue weighted by Gasteiger charge is -2.39. The quantitative estimate of drug-likeness (QED) is 0.779. The Morgan fingerprint density at radius 1 is 1.36 bits per heavy atom. The summed E-state index contributed by atoms with van der Waals surface area (Å²) in [5, 5.41) is 9.68. The SMILES string of the molecule is CC1(C)[C@H]2CC[C@]1(C)[C@@H](SCCO)C2. The van der Waals surface area contributed by atoms with E-state index in [-0.39, 0.29) is 0 Å². The Labute approximate surface area is 91.7 Å². The topological polar surface area (TPSA) is 20.2 Å². The highest BCUT2D eigenvalue weighted by Gasteiger charge is 2.61. The first kappa shape index (κ1) is 10.8. The van der Waals surface area contributed by atoms with Gasteiger partial charge in [-0.3, -0.25) is 0 Å². The second kappa shape index (κ2) is 3.41. The van der Waals surface area contributed by atoms with Crippen molar-refractivity contribution in [3.05, 3.63) is 0 Å². The van der Waals surface area contributed by atoms with E-state index in [9.17, 15) is 0 Å². The van der Waals surface area contributed by atoms with Crippen molar-refractivity contribution in [3.8, 4) is 0 Å². The Morgan fingerprint density at radius 2 is 2.07 bits per heavy atom. The predicted octanol–water partition coefficient (Wildman–Crippen LogP) is 2.93. The molecule has 2 saturated carbocycles. The lowest BCUT2D eigenvalue weighted by atomic mass is 9.71. The van der Waals surface area contributed by atoms with Crippen LogP contribution in [0.1, 0.15) is 40.0 Å². The maximum absolute atomic E-state index is 8.89. The second-order valence-corrected chi connectivity index (χ2v) is 7.00. The van der Waals surface area contributed by atoms with Crippen molar-refractivity contribution < 1.29 is 5.11 Å². The van der Waals surface area contributed by atoms with Crippen molar-refractivity contribution in [2.24, 2.45) is 16.7 Å². The predicted molar refractivity (Wildman–Crippen MR) is 62.6 cm³/mol. The Balaban J connectivity index is 2.11. The van der Waals surface area contributed by atoms with Gasteiger partial charge in [-0.2, -0.15) is 11.8 Å². The summed E-state index contributed by atoms with van der Waals surface area (Å²) in [4.78, 5) is 0. The number of fused-ring (bicyclic) bond motifs is 2. The van der Waals surface area contributed by atoms with Gasteiger partial charge in [0.05, 0.1) is 6.61 Å². The van der Waals surface area contributed by atoms with Crippen LogP contribution in [0, 0.1) is 16.7 Å². The van der Waals surface area contributed by atoms with Gasteiger partial charge in [0, 0.05) is 11.0 Å². The molecule has 0 unspecified atom stereocenters. The summed E-state index contributed by atoms with van der Waals surface area (Å²) in [6.45, 7) is 7.70. The molecule has 1 nitrogen and oxygen atoms in total. The molecule has 2 rings (SSSR count). The van der Waals surface area contributed by atoms with Crippen molar-refractivity contribution in [2.75, 3.05) is 12.4 Å². The summed E-state index contributed by atoms with van der Waals surface area (Å²) in [6, 6.07) is 0. The van der Waals surface area contributed by atoms with Crippen LogP contribution >= 0.6 is 11.8 Å². The van der Waals surface area contributed by atoms with Gasteiger partial charge in [-0.05, 0) is 36.0 Å². The molecule has 0 heterocycles. The van der Waals surface area contributed by atoms with Gasteiger partial charge >= 0.3 is 0 Å². The minimum absolute atomic E-state index is 0.336. The van der Waals surface area contributed by atoms with Crippen LogP contribution in [-0.2, 0) is 0 Å². The monoisotopic (exact) mass is 214 g/mol. The molecule has 2 heteroatoms. The first-order valence-corrected chi connectivity index (χ1v) is 6.80. The van der Waals surface area contributed by atoms with Crippen molar-refractivity contribution in [1.82, 2.24) is 0 Å². The number of aliphatic hydroxyl groups is 1. The zero-order valence-electron chi connectivity index (χ0n) is 9.55. The average Bonchev–Trinajstić information content (AvgIpc) is 2.46. The van der Waals surface area contributed by atoms with Crippen LogP contribution < -0.4 is 0 Å². The van der Waals surface area contributed by atoms with Gasteiger partial charge in [-0.25, -0.2) is 0 Å². The molecule has 0 saturated heterocycles. The molecule has 2 bridgehead atoms. The summed E-state index contributed by atoms with van der Waals surface area (Å²) < 4.78 is 0. The molecule has 0 radical (unpaired) electrons. The van der Waals surface area contributed by atoms with E-state index in [1.807, 2.05) is 11.8 Å². The van der Waals surface area contributed by atoms with Crippen molar-refractivity contribution in [3.63, 3.8) is 0 Å². The summed E-state index contributed by atoms with van der Waals surface area (Å²) in [6.07, 6.45) is 4.21. The molecule has 0 aliphatic heterocycles. The molecule has 0 amide bonds. The summed E-state index contributed by atoms with van der Waals surface area (Å²) in [5.41, 5.74) is 1.05. The molecular formula is C12H22OS. The Morgan fingerprint density at radius 3 is 2.50 bits per heavy atom. The van der Waals surface area contributed by atoms with Crippen molar-refractivity contribution in [1.29, 1.82) is 0 Å². The third-order valence-corrected chi connectivity index (χ3v) is 6.66. The van der Waals surface area contributed by atoms with Crippen LogP contribution in [0.4, 0.5) is 0 Å². The molecular weight excluding hydrogens is 192 g/mol. The molecule has 0 aromatic heterocycles. The zero-order valence-corrected chi connectivity index (χ0v) is 10.4.